The fraction of sp³-hybridized carbons (Fsp3) is 0.462. The third-order valence-corrected chi connectivity index (χ3v) is 2.81. The third kappa shape index (κ3) is 2.20. The molecule has 1 aromatic carbocycles. The van der Waals surface area contributed by atoms with E-state index in [9.17, 15) is 0 Å². The van der Waals surface area contributed by atoms with E-state index in [1.165, 1.54) is 0 Å². The molecule has 92 valence electrons. The van der Waals surface area contributed by atoms with Crippen molar-refractivity contribution in [1.29, 1.82) is 0 Å². The quantitative estimate of drug-likeness (QED) is 0.864. The number of aryl methyl sites for hydroxylation is 1. The number of unbranched alkanes of at least 4 members (excludes halogenated alkanes) is 1. The fourth-order valence-corrected chi connectivity index (χ4v) is 1.96. The van der Waals surface area contributed by atoms with Gasteiger partial charge in [0.15, 0.2) is 0 Å². The summed E-state index contributed by atoms with van der Waals surface area (Å²) in [7, 11) is 0. The number of aromatic nitrogens is 2. The van der Waals surface area contributed by atoms with Gasteiger partial charge in [0.25, 0.3) is 0 Å². The summed E-state index contributed by atoms with van der Waals surface area (Å²) in [6.07, 6.45) is 2.25. The summed E-state index contributed by atoms with van der Waals surface area (Å²) in [6.45, 7) is 5.69. The minimum atomic E-state index is 0.570. The molecule has 0 spiro atoms. The summed E-state index contributed by atoms with van der Waals surface area (Å²) in [4.78, 5) is 4.40. The lowest BCUT2D eigenvalue weighted by Crippen LogP contribution is -2.02. The van der Waals surface area contributed by atoms with Gasteiger partial charge in [0.2, 0.25) is 5.95 Å². The van der Waals surface area contributed by atoms with Crippen molar-refractivity contribution in [2.75, 3.05) is 12.3 Å². The highest BCUT2D eigenvalue weighted by molar-refractivity contribution is 5.84. The standard InChI is InChI=1S/C13H19N3O/c1-3-5-9-16-10-7-6-8-11(17-4-2)12(10)15-13(16)14/h6-8H,3-5,9H2,1-2H3,(H2,14,15). The van der Waals surface area contributed by atoms with Gasteiger partial charge in [0.1, 0.15) is 11.3 Å². The van der Waals surface area contributed by atoms with E-state index in [2.05, 4.69) is 16.5 Å². The van der Waals surface area contributed by atoms with E-state index < -0.39 is 0 Å². The van der Waals surface area contributed by atoms with Gasteiger partial charge in [0.05, 0.1) is 12.1 Å². The molecule has 0 atom stereocenters. The Balaban J connectivity index is 2.47. The molecule has 2 N–H and O–H groups in total. The average Bonchev–Trinajstić information content (AvgIpc) is 2.64. The van der Waals surface area contributed by atoms with Crippen LogP contribution in [0.2, 0.25) is 0 Å². The highest BCUT2D eigenvalue weighted by Gasteiger charge is 2.11. The van der Waals surface area contributed by atoms with Crippen LogP contribution in [-0.4, -0.2) is 16.2 Å². The fourth-order valence-electron chi connectivity index (χ4n) is 1.96. The molecule has 0 saturated carbocycles. The van der Waals surface area contributed by atoms with E-state index in [4.69, 9.17) is 10.5 Å². The number of fused-ring (bicyclic) bond motifs is 1. The maximum atomic E-state index is 5.96. The van der Waals surface area contributed by atoms with Crippen molar-refractivity contribution < 1.29 is 4.74 Å². The Labute approximate surface area is 101 Å². The van der Waals surface area contributed by atoms with Crippen molar-refractivity contribution in [1.82, 2.24) is 9.55 Å². The summed E-state index contributed by atoms with van der Waals surface area (Å²) in [5.74, 6) is 1.38. The minimum Gasteiger partial charge on any atom is -0.492 e. The van der Waals surface area contributed by atoms with Crippen molar-refractivity contribution in [2.24, 2.45) is 0 Å². The number of nitrogens with zero attached hydrogens (tertiary/aromatic N) is 2. The lowest BCUT2D eigenvalue weighted by molar-refractivity contribution is 0.343. The highest BCUT2D eigenvalue weighted by atomic mass is 16.5. The number of hydrogen-bond donors (Lipinski definition) is 1. The molecular weight excluding hydrogens is 214 g/mol. The van der Waals surface area contributed by atoms with E-state index in [0.717, 1.165) is 36.2 Å². The van der Waals surface area contributed by atoms with Crippen molar-refractivity contribution in [3.05, 3.63) is 18.2 Å². The number of anilines is 1. The Hall–Kier alpha value is -1.71. The number of benzene rings is 1. The van der Waals surface area contributed by atoms with Crippen LogP contribution in [-0.2, 0) is 6.54 Å². The summed E-state index contributed by atoms with van der Waals surface area (Å²) in [6, 6.07) is 5.95. The van der Waals surface area contributed by atoms with E-state index >= 15 is 0 Å². The molecule has 0 saturated heterocycles. The third-order valence-electron chi connectivity index (χ3n) is 2.81. The first-order valence-electron chi connectivity index (χ1n) is 6.15. The van der Waals surface area contributed by atoms with Gasteiger partial charge in [-0.2, -0.15) is 0 Å². The smallest absolute Gasteiger partial charge is 0.201 e. The molecule has 1 heterocycles. The molecule has 1 aromatic heterocycles. The number of para-hydroxylation sites is 1. The normalized spacial score (nSPS) is 10.9. The van der Waals surface area contributed by atoms with Crippen molar-refractivity contribution >= 4 is 17.0 Å². The van der Waals surface area contributed by atoms with Gasteiger partial charge in [-0.25, -0.2) is 4.98 Å². The Bertz CT molecular complexity index is 505. The van der Waals surface area contributed by atoms with Crippen molar-refractivity contribution in [3.8, 4) is 5.75 Å². The second-order valence-corrected chi connectivity index (χ2v) is 4.03. The van der Waals surface area contributed by atoms with Crippen molar-refractivity contribution in [2.45, 2.75) is 33.2 Å². The number of nitrogens with two attached hydrogens (primary N) is 1. The van der Waals surface area contributed by atoms with Crippen LogP contribution in [0.25, 0.3) is 11.0 Å². The summed E-state index contributed by atoms with van der Waals surface area (Å²) < 4.78 is 7.62. The highest BCUT2D eigenvalue weighted by Crippen LogP contribution is 2.27. The second kappa shape index (κ2) is 5.08. The topological polar surface area (TPSA) is 53.1 Å². The van der Waals surface area contributed by atoms with Crippen LogP contribution >= 0.6 is 0 Å². The van der Waals surface area contributed by atoms with Gasteiger partial charge in [0, 0.05) is 6.54 Å². The summed E-state index contributed by atoms with van der Waals surface area (Å²) in [5.41, 5.74) is 7.88. The zero-order chi connectivity index (χ0) is 12.3. The summed E-state index contributed by atoms with van der Waals surface area (Å²) >= 11 is 0. The molecule has 2 rings (SSSR count). The molecule has 2 aromatic rings. The molecule has 0 aliphatic rings. The molecule has 17 heavy (non-hydrogen) atoms. The van der Waals surface area contributed by atoms with Gasteiger partial charge >= 0.3 is 0 Å². The number of imidazole rings is 1. The number of nitrogen functional groups attached to an aromatic ring is 1. The SMILES string of the molecule is CCCCn1c(N)nc2c(OCC)cccc21. The Morgan fingerprint density at radius 1 is 1.35 bits per heavy atom. The Kier molecular flexibility index (Phi) is 3.52. The summed E-state index contributed by atoms with van der Waals surface area (Å²) in [5, 5.41) is 0. The Morgan fingerprint density at radius 2 is 2.18 bits per heavy atom. The average molecular weight is 233 g/mol. The van der Waals surface area contributed by atoms with Gasteiger partial charge in [-0.15, -0.1) is 0 Å². The van der Waals surface area contributed by atoms with E-state index in [-0.39, 0.29) is 0 Å². The number of rotatable bonds is 5. The maximum absolute atomic E-state index is 5.96. The molecule has 0 aliphatic carbocycles. The zero-order valence-electron chi connectivity index (χ0n) is 10.4. The molecule has 0 aliphatic heterocycles. The molecule has 4 heteroatoms. The van der Waals surface area contributed by atoms with Crippen LogP contribution in [0.15, 0.2) is 18.2 Å². The monoisotopic (exact) mass is 233 g/mol. The second-order valence-electron chi connectivity index (χ2n) is 4.03. The van der Waals surface area contributed by atoms with Crippen LogP contribution in [0.5, 0.6) is 5.75 Å². The van der Waals surface area contributed by atoms with Gasteiger partial charge in [-0.05, 0) is 25.5 Å². The molecular formula is C13H19N3O. The van der Waals surface area contributed by atoms with Crippen LogP contribution in [0.4, 0.5) is 5.95 Å². The van der Waals surface area contributed by atoms with Crippen molar-refractivity contribution in [3.63, 3.8) is 0 Å². The largest absolute Gasteiger partial charge is 0.492 e. The van der Waals surface area contributed by atoms with Crippen LogP contribution < -0.4 is 10.5 Å². The van der Waals surface area contributed by atoms with E-state index in [1.54, 1.807) is 0 Å². The van der Waals surface area contributed by atoms with Gasteiger partial charge in [-0.3, -0.25) is 0 Å². The van der Waals surface area contributed by atoms with Gasteiger partial charge in [-0.1, -0.05) is 19.4 Å². The first-order chi connectivity index (χ1) is 8.27. The van der Waals surface area contributed by atoms with Crippen LogP contribution in [0, 0.1) is 0 Å². The van der Waals surface area contributed by atoms with Crippen LogP contribution in [0.1, 0.15) is 26.7 Å². The number of ether oxygens (including phenoxy) is 1. The molecule has 4 nitrogen and oxygen atoms in total. The van der Waals surface area contributed by atoms with E-state index in [0.29, 0.717) is 12.6 Å². The van der Waals surface area contributed by atoms with Gasteiger partial charge < -0.3 is 15.0 Å². The molecule has 0 radical (unpaired) electrons. The number of hydrogen-bond acceptors (Lipinski definition) is 3. The lowest BCUT2D eigenvalue weighted by Gasteiger charge is -2.06. The van der Waals surface area contributed by atoms with E-state index in [1.807, 2.05) is 25.1 Å². The zero-order valence-corrected chi connectivity index (χ0v) is 10.4. The van der Waals surface area contributed by atoms with Crippen LogP contribution in [0.3, 0.4) is 0 Å². The first kappa shape index (κ1) is 11.8. The Morgan fingerprint density at radius 3 is 2.88 bits per heavy atom. The predicted molar refractivity (Wildman–Crippen MR) is 70.2 cm³/mol. The lowest BCUT2D eigenvalue weighted by atomic mass is 10.3. The maximum Gasteiger partial charge on any atom is 0.201 e. The first-order valence-corrected chi connectivity index (χ1v) is 6.15. The molecule has 0 bridgehead atoms. The molecule has 0 unspecified atom stereocenters. The molecule has 0 amide bonds. The predicted octanol–water partition coefficient (Wildman–Crippen LogP) is 2.82. The molecule has 0 fully saturated rings. The minimum absolute atomic E-state index is 0.570.